The first kappa shape index (κ1) is 30.1. The molecule has 2 rings (SSSR count). The monoisotopic (exact) mass is 550 g/mol. The maximum atomic E-state index is 13.1. The average molecular weight is 551 g/mol. The van der Waals surface area contributed by atoms with Crippen LogP contribution in [0.3, 0.4) is 0 Å². The van der Waals surface area contributed by atoms with Crippen LogP contribution in [-0.2, 0) is 35.2 Å². The number of nitrogens with two attached hydrogens (primary N) is 2. The summed E-state index contributed by atoms with van der Waals surface area (Å²) in [7, 11) is 0. The standard InChI is InChI=1S/C23H30N6O8S/c24-13(5-6-18(25)30)20(33)29-17(10-38)22(35)27-15(21(34)28-16(23(36)37)8-19(31)32)7-11-9-26-14-4-2-1-3-12(11)14/h1-4,9,13,15-17,26,38H,5-8,10,24H2,(H2,25,30)(H,27,35)(H,28,34)(H,29,33)(H,31,32)(H,36,37). The molecule has 0 saturated carbocycles. The van der Waals surface area contributed by atoms with Gasteiger partial charge >= 0.3 is 11.9 Å². The van der Waals surface area contributed by atoms with Gasteiger partial charge in [-0.15, -0.1) is 0 Å². The number of aromatic nitrogens is 1. The fraction of sp³-hybridized carbons (Fsp3) is 0.391. The molecule has 1 aromatic heterocycles. The van der Waals surface area contributed by atoms with Gasteiger partial charge in [-0.2, -0.15) is 12.6 Å². The molecule has 0 aliphatic rings. The lowest BCUT2D eigenvalue weighted by Crippen LogP contribution is -2.58. The molecule has 0 aliphatic heterocycles. The normalized spacial score (nSPS) is 14.1. The molecule has 4 amide bonds. The number of aliphatic carboxylic acids is 2. The maximum Gasteiger partial charge on any atom is 0.326 e. The van der Waals surface area contributed by atoms with Gasteiger partial charge in [0.05, 0.1) is 12.5 Å². The predicted molar refractivity (Wildman–Crippen MR) is 138 cm³/mol. The number of benzene rings is 1. The molecular weight excluding hydrogens is 520 g/mol. The number of carbonyl (C=O) groups is 6. The van der Waals surface area contributed by atoms with Crippen LogP contribution in [0.5, 0.6) is 0 Å². The average Bonchev–Trinajstić information content (AvgIpc) is 3.27. The third-order valence-corrected chi connectivity index (χ3v) is 5.94. The van der Waals surface area contributed by atoms with Gasteiger partial charge in [0.15, 0.2) is 0 Å². The van der Waals surface area contributed by atoms with E-state index in [9.17, 15) is 33.9 Å². The number of nitrogens with one attached hydrogen (secondary N) is 4. The Morgan fingerprint density at radius 2 is 1.53 bits per heavy atom. The predicted octanol–water partition coefficient (Wildman–Crippen LogP) is -1.75. The van der Waals surface area contributed by atoms with Gasteiger partial charge in [0.1, 0.15) is 18.1 Å². The number of carboxylic acids is 2. The summed E-state index contributed by atoms with van der Waals surface area (Å²) in [5.74, 6) is -6.35. The smallest absolute Gasteiger partial charge is 0.326 e. The number of hydrogen-bond donors (Lipinski definition) is 9. The molecule has 15 heteroatoms. The second-order valence-corrected chi connectivity index (χ2v) is 8.84. The van der Waals surface area contributed by atoms with E-state index in [0.29, 0.717) is 5.56 Å². The van der Waals surface area contributed by atoms with Crippen molar-refractivity contribution in [1.82, 2.24) is 20.9 Å². The van der Waals surface area contributed by atoms with Gasteiger partial charge in [-0.3, -0.25) is 24.0 Å². The Labute approximate surface area is 222 Å². The third kappa shape index (κ3) is 8.77. The molecule has 2 aromatic rings. The van der Waals surface area contributed by atoms with E-state index in [0.717, 1.165) is 10.9 Å². The molecule has 206 valence electrons. The van der Waals surface area contributed by atoms with Crippen molar-refractivity contribution in [2.24, 2.45) is 11.5 Å². The van der Waals surface area contributed by atoms with Crippen LogP contribution in [0, 0.1) is 0 Å². The minimum atomic E-state index is -1.74. The van der Waals surface area contributed by atoms with Crippen molar-refractivity contribution < 1.29 is 39.0 Å². The summed E-state index contributed by atoms with van der Waals surface area (Å²) in [6.07, 6.45) is 0.465. The zero-order valence-corrected chi connectivity index (χ0v) is 21.1. The van der Waals surface area contributed by atoms with Crippen LogP contribution in [0.25, 0.3) is 10.9 Å². The number of primary amides is 1. The molecule has 10 N–H and O–H groups in total. The van der Waals surface area contributed by atoms with E-state index in [4.69, 9.17) is 16.6 Å². The quantitative estimate of drug-likeness (QED) is 0.114. The Morgan fingerprint density at radius 3 is 2.13 bits per heavy atom. The Morgan fingerprint density at radius 1 is 0.921 bits per heavy atom. The summed E-state index contributed by atoms with van der Waals surface area (Å²) in [5.41, 5.74) is 12.2. The van der Waals surface area contributed by atoms with Crippen molar-refractivity contribution in [3.63, 3.8) is 0 Å². The van der Waals surface area contributed by atoms with Gasteiger partial charge in [-0.1, -0.05) is 18.2 Å². The number of aromatic amines is 1. The van der Waals surface area contributed by atoms with E-state index >= 15 is 0 Å². The zero-order chi connectivity index (χ0) is 28.4. The molecule has 4 unspecified atom stereocenters. The molecule has 0 radical (unpaired) electrons. The lowest BCUT2D eigenvalue weighted by molar-refractivity contribution is -0.147. The molecule has 38 heavy (non-hydrogen) atoms. The van der Waals surface area contributed by atoms with E-state index in [1.807, 2.05) is 0 Å². The van der Waals surface area contributed by atoms with E-state index in [2.05, 4.69) is 33.6 Å². The SMILES string of the molecule is NC(=O)CCC(N)C(=O)NC(CS)C(=O)NC(Cc1c[nH]c2ccccc12)C(=O)NC(CC(=O)O)C(=O)O. The van der Waals surface area contributed by atoms with Crippen LogP contribution in [0.15, 0.2) is 30.5 Å². The van der Waals surface area contributed by atoms with Gasteiger partial charge in [0.2, 0.25) is 23.6 Å². The Bertz CT molecular complexity index is 1200. The first-order valence-corrected chi connectivity index (χ1v) is 12.1. The van der Waals surface area contributed by atoms with Crippen molar-refractivity contribution in [3.8, 4) is 0 Å². The summed E-state index contributed by atoms with van der Waals surface area (Å²) in [4.78, 5) is 74.9. The molecule has 0 fully saturated rings. The van der Waals surface area contributed by atoms with Crippen LogP contribution in [0.2, 0.25) is 0 Å². The molecule has 0 aliphatic carbocycles. The number of carboxylic acid groups (broad SMARTS) is 2. The number of hydrogen-bond acceptors (Lipinski definition) is 8. The van der Waals surface area contributed by atoms with Gasteiger partial charge < -0.3 is 42.6 Å². The van der Waals surface area contributed by atoms with E-state index in [1.165, 1.54) is 0 Å². The zero-order valence-electron chi connectivity index (χ0n) is 20.2. The van der Waals surface area contributed by atoms with Crippen LogP contribution in [0.1, 0.15) is 24.8 Å². The number of para-hydroxylation sites is 1. The molecule has 14 nitrogen and oxygen atoms in total. The Hall–Kier alpha value is -4.11. The van der Waals surface area contributed by atoms with Crippen LogP contribution in [-0.4, -0.2) is 80.7 Å². The fourth-order valence-electron chi connectivity index (χ4n) is 3.55. The highest BCUT2D eigenvalue weighted by molar-refractivity contribution is 7.80. The van der Waals surface area contributed by atoms with Gasteiger partial charge in [-0.05, 0) is 18.1 Å². The highest BCUT2D eigenvalue weighted by Gasteiger charge is 2.31. The minimum absolute atomic E-state index is 0.0478. The first-order valence-electron chi connectivity index (χ1n) is 11.5. The summed E-state index contributed by atoms with van der Waals surface area (Å²) >= 11 is 4.08. The topological polar surface area (TPSA) is 247 Å². The fourth-order valence-corrected chi connectivity index (χ4v) is 3.81. The van der Waals surface area contributed by atoms with Gasteiger partial charge in [0.25, 0.3) is 0 Å². The second-order valence-electron chi connectivity index (χ2n) is 8.48. The first-order chi connectivity index (χ1) is 17.9. The van der Waals surface area contributed by atoms with E-state index < -0.39 is 66.2 Å². The summed E-state index contributed by atoms with van der Waals surface area (Å²) < 4.78 is 0. The third-order valence-electron chi connectivity index (χ3n) is 5.58. The van der Waals surface area contributed by atoms with E-state index in [1.54, 1.807) is 30.5 Å². The summed E-state index contributed by atoms with van der Waals surface area (Å²) in [5, 5.41) is 26.1. The summed E-state index contributed by atoms with van der Waals surface area (Å²) in [6.45, 7) is 0. The lowest BCUT2D eigenvalue weighted by Gasteiger charge is -2.24. The molecule has 4 atom stereocenters. The van der Waals surface area contributed by atoms with Gasteiger partial charge in [0, 0.05) is 35.7 Å². The Kier molecular flexibility index (Phi) is 11.1. The van der Waals surface area contributed by atoms with Crippen LogP contribution < -0.4 is 27.4 Å². The largest absolute Gasteiger partial charge is 0.481 e. The second kappa shape index (κ2) is 14.0. The van der Waals surface area contributed by atoms with Crippen molar-refractivity contribution in [2.75, 3.05) is 5.75 Å². The van der Waals surface area contributed by atoms with Gasteiger partial charge in [-0.25, -0.2) is 4.79 Å². The molecule has 1 heterocycles. The Balaban J connectivity index is 2.24. The summed E-state index contributed by atoms with van der Waals surface area (Å²) in [6, 6.07) is 1.70. The lowest BCUT2D eigenvalue weighted by atomic mass is 10.0. The van der Waals surface area contributed by atoms with Crippen LogP contribution in [0.4, 0.5) is 0 Å². The molecule has 0 saturated heterocycles. The number of rotatable bonds is 15. The maximum absolute atomic E-state index is 13.1. The van der Waals surface area contributed by atoms with Crippen molar-refractivity contribution in [2.45, 2.75) is 49.9 Å². The number of carbonyl (C=O) groups excluding carboxylic acids is 4. The van der Waals surface area contributed by atoms with E-state index in [-0.39, 0.29) is 25.0 Å². The molecular formula is C23H30N6O8S. The van der Waals surface area contributed by atoms with Crippen LogP contribution >= 0.6 is 12.6 Å². The number of thiol groups is 1. The molecule has 0 bridgehead atoms. The van der Waals surface area contributed by atoms with Crippen molar-refractivity contribution >= 4 is 59.1 Å². The minimum Gasteiger partial charge on any atom is -0.481 e. The van der Waals surface area contributed by atoms with Crippen molar-refractivity contribution in [3.05, 3.63) is 36.0 Å². The number of H-pyrrole nitrogens is 1. The van der Waals surface area contributed by atoms with Crippen molar-refractivity contribution in [1.29, 1.82) is 0 Å². The number of amides is 4. The highest BCUT2D eigenvalue weighted by Crippen LogP contribution is 2.19. The number of fused-ring (bicyclic) bond motifs is 1. The molecule has 1 aromatic carbocycles. The highest BCUT2D eigenvalue weighted by atomic mass is 32.1. The molecule has 0 spiro atoms.